The van der Waals surface area contributed by atoms with Gasteiger partial charge in [-0.15, -0.1) is 0 Å². The molecule has 1 unspecified atom stereocenters. The first-order valence-electron chi connectivity index (χ1n) is 14.0. The van der Waals surface area contributed by atoms with Crippen LogP contribution in [-0.2, 0) is 22.6 Å². The number of carbonyl (C=O) groups is 3. The summed E-state index contributed by atoms with van der Waals surface area (Å²) < 4.78 is 0. The molecule has 0 heterocycles. The highest BCUT2D eigenvalue weighted by molar-refractivity contribution is 6.00. The van der Waals surface area contributed by atoms with E-state index in [4.69, 9.17) is 0 Å². The maximum Gasteiger partial charge on any atom is 0.252 e. The molecule has 1 atom stereocenters. The average molecular weight is 551 g/mol. The molecule has 7 heteroatoms. The van der Waals surface area contributed by atoms with Crippen molar-refractivity contribution in [1.29, 1.82) is 0 Å². The van der Waals surface area contributed by atoms with Crippen molar-refractivity contribution in [2.24, 2.45) is 0 Å². The Morgan fingerprint density at radius 2 is 1.39 bits per heavy atom. The van der Waals surface area contributed by atoms with Crippen LogP contribution in [0.2, 0.25) is 0 Å². The number of nitrogens with one attached hydrogen (secondary N) is 4. The molecule has 0 saturated carbocycles. The topological polar surface area (TPSA) is 99.3 Å². The lowest BCUT2D eigenvalue weighted by molar-refractivity contribution is -0.131. The van der Waals surface area contributed by atoms with E-state index in [0.717, 1.165) is 35.8 Å². The minimum absolute atomic E-state index is 0.264. The Bertz CT molecular complexity index is 1450. The lowest BCUT2D eigenvalue weighted by atomic mass is 9.98. The first kappa shape index (κ1) is 29.5. The smallest absolute Gasteiger partial charge is 0.252 e. The van der Waals surface area contributed by atoms with E-state index in [1.165, 1.54) is 5.56 Å². The molecule has 0 fully saturated rings. The Morgan fingerprint density at radius 1 is 0.732 bits per heavy atom. The number of carbonyl (C=O) groups excluding carboxylic acids is 3. The standard InChI is InChI=1S/C34H38N4O3/c1-34(2,38-31(39)28-15-7-4-8-16-28)33(41)37-30(23-26-18-19-27-14-9-10-17-29(27)22-26)32(40)36-21-11-20-35-24-25-12-5-3-6-13-25/h3-10,12-19,22,30,35H,11,20-21,23-24H2,1-2H3,(H,36,40)(H,37,41)(H,38,39). The molecule has 0 bridgehead atoms. The fourth-order valence-electron chi connectivity index (χ4n) is 4.53. The Morgan fingerprint density at radius 3 is 2.12 bits per heavy atom. The molecular weight excluding hydrogens is 512 g/mol. The molecule has 4 aromatic rings. The molecule has 4 rings (SSSR count). The van der Waals surface area contributed by atoms with Crippen LogP contribution in [0.25, 0.3) is 10.8 Å². The average Bonchev–Trinajstić information content (AvgIpc) is 2.99. The van der Waals surface area contributed by atoms with Crippen LogP contribution in [0.3, 0.4) is 0 Å². The van der Waals surface area contributed by atoms with Gasteiger partial charge in [-0.05, 0) is 60.8 Å². The van der Waals surface area contributed by atoms with E-state index in [1.54, 1.807) is 38.1 Å². The summed E-state index contributed by atoms with van der Waals surface area (Å²) in [4.78, 5) is 39.5. The van der Waals surface area contributed by atoms with Gasteiger partial charge in [0.25, 0.3) is 5.91 Å². The van der Waals surface area contributed by atoms with E-state index in [0.29, 0.717) is 18.5 Å². The molecule has 7 nitrogen and oxygen atoms in total. The molecule has 0 aliphatic rings. The third-order valence-electron chi connectivity index (χ3n) is 6.91. The maximum atomic E-state index is 13.4. The van der Waals surface area contributed by atoms with Gasteiger partial charge in [-0.1, -0.05) is 91.0 Å². The van der Waals surface area contributed by atoms with Crippen molar-refractivity contribution in [3.8, 4) is 0 Å². The van der Waals surface area contributed by atoms with Gasteiger partial charge in [0.15, 0.2) is 0 Å². The summed E-state index contributed by atoms with van der Waals surface area (Å²) in [6, 6.07) is 32.1. The van der Waals surface area contributed by atoms with Gasteiger partial charge in [0.05, 0.1) is 0 Å². The monoisotopic (exact) mass is 550 g/mol. The number of fused-ring (bicyclic) bond motifs is 1. The summed E-state index contributed by atoms with van der Waals surface area (Å²) in [6.45, 7) is 5.24. The molecule has 3 amide bonds. The zero-order chi connectivity index (χ0) is 29.1. The lowest BCUT2D eigenvalue weighted by Crippen LogP contribution is -2.59. The highest BCUT2D eigenvalue weighted by Gasteiger charge is 2.33. The first-order chi connectivity index (χ1) is 19.8. The largest absolute Gasteiger partial charge is 0.354 e. The van der Waals surface area contributed by atoms with Gasteiger partial charge < -0.3 is 21.3 Å². The van der Waals surface area contributed by atoms with Crippen molar-refractivity contribution >= 4 is 28.5 Å². The lowest BCUT2D eigenvalue weighted by Gasteiger charge is -2.28. The van der Waals surface area contributed by atoms with Gasteiger partial charge in [0, 0.05) is 25.1 Å². The van der Waals surface area contributed by atoms with Crippen molar-refractivity contribution in [3.63, 3.8) is 0 Å². The summed E-state index contributed by atoms with van der Waals surface area (Å²) in [6.07, 6.45) is 1.06. The fourth-order valence-corrected chi connectivity index (χ4v) is 4.53. The second kappa shape index (κ2) is 14.2. The zero-order valence-electron chi connectivity index (χ0n) is 23.7. The molecule has 212 valence electrons. The van der Waals surface area contributed by atoms with E-state index >= 15 is 0 Å². The number of rotatable bonds is 13. The highest BCUT2D eigenvalue weighted by Crippen LogP contribution is 2.17. The number of hydrogen-bond acceptors (Lipinski definition) is 4. The van der Waals surface area contributed by atoms with Crippen LogP contribution in [0.4, 0.5) is 0 Å². The van der Waals surface area contributed by atoms with Crippen LogP contribution in [0.1, 0.15) is 41.8 Å². The van der Waals surface area contributed by atoms with Crippen molar-refractivity contribution in [2.45, 2.75) is 44.8 Å². The molecular formula is C34H38N4O3. The second-order valence-corrected chi connectivity index (χ2v) is 10.7. The van der Waals surface area contributed by atoms with E-state index in [1.807, 2.05) is 66.7 Å². The zero-order valence-corrected chi connectivity index (χ0v) is 23.7. The van der Waals surface area contributed by atoms with Crippen LogP contribution in [-0.4, -0.2) is 42.4 Å². The number of hydrogen-bond donors (Lipinski definition) is 4. The van der Waals surface area contributed by atoms with Gasteiger partial charge in [-0.3, -0.25) is 14.4 Å². The van der Waals surface area contributed by atoms with Gasteiger partial charge >= 0.3 is 0 Å². The van der Waals surface area contributed by atoms with Crippen LogP contribution in [0.5, 0.6) is 0 Å². The first-order valence-corrected chi connectivity index (χ1v) is 14.0. The Labute approximate surface area is 241 Å². The van der Waals surface area contributed by atoms with Crippen LogP contribution in [0.15, 0.2) is 103 Å². The van der Waals surface area contributed by atoms with E-state index in [9.17, 15) is 14.4 Å². The molecule has 41 heavy (non-hydrogen) atoms. The molecule has 0 radical (unpaired) electrons. The quantitative estimate of drug-likeness (QED) is 0.186. The molecule has 4 N–H and O–H groups in total. The van der Waals surface area contributed by atoms with Crippen LogP contribution < -0.4 is 21.3 Å². The normalized spacial score (nSPS) is 12.0. The van der Waals surface area contributed by atoms with E-state index in [-0.39, 0.29) is 11.8 Å². The molecule has 0 aliphatic carbocycles. The summed E-state index contributed by atoms with van der Waals surface area (Å²) >= 11 is 0. The minimum atomic E-state index is -1.24. The Hall–Kier alpha value is -4.49. The SMILES string of the molecule is CC(C)(NC(=O)c1ccccc1)C(=O)NC(Cc1ccc2ccccc2c1)C(=O)NCCCNCc1ccccc1. The van der Waals surface area contributed by atoms with Crippen molar-refractivity contribution < 1.29 is 14.4 Å². The van der Waals surface area contributed by atoms with Gasteiger partial charge in [-0.2, -0.15) is 0 Å². The second-order valence-electron chi connectivity index (χ2n) is 10.7. The molecule has 4 aromatic carbocycles. The van der Waals surface area contributed by atoms with Crippen molar-refractivity contribution in [3.05, 3.63) is 120 Å². The summed E-state index contributed by atoms with van der Waals surface area (Å²) in [5.74, 6) is -1.06. The van der Waals surface area contributed by atoms with Gasteiger partial charge in [0.2, 0.25) is 11.8 Å². The Kier molecular flexibility index (Phi) is 10.2. The molecule has 0 aromatic heterocycles. The number of benzene rings is 4. The summed E-state index contributed by atoms with van der Waals surface area (Å²) in [7, 11) is 0. The Balaban J connectivity index is 1.38. The third kappa shape index (κ3) is 8.75. The van der Waals surface area contributed by atoms with E-state index < -0.39 is 17.5 Å². The highest BCUT2D eigenvalue weighted by atomic mass is 16.2. The maximum absolute atomic E-state index is 13.4. The minimum Gasteiger partial charge on any atom is -0.354 e. The summed E-state index contributed by atoms with van der Waals surface area (Å²) in [5, 5.41) is 14.2. The molecule has 0 saturated heterocycles. The van der Waals surface area contributed by atoms with Crippen LogP contribution >= 0.6 is 0 Å². The molecule has 0 aliphatic heterocycles. The fraction of sp³-hybridized carbons (Fsp3) is 0.265. The third-order valence-corrected chi connectivity index (χ3v) is 6.91. The van der Waals surface area contributed by atoms with Crippen molar-refractivity contribution in [1.82, 2.24) is 21.3 Å². The van der Waals surface area contributed by atoms with Crippen molar-refractivity contribution in [2.75, 3.05) is 13.1 Å². The van der Waals surface area contributed by atoms with E-state index in [2.05, 4.69) is 33.4 Å². The predicted octanol–water partition coefficient (Wildman–Crippen LogP) is 4.37. The number of amides is 3. The van der Waals surface area contributed by atoms with Gasteiger partial charge in [-0.25, -0.2) is 0 Å². The van der Waals surface area contributed by atoms with Gasteiger partial charge in [0.1, 0.15) is 11.6 Å². The van der Waals surface area contributed by atoms with Crippen LogP contribution in [0, 0.1) is 0 Å². The summed E-state index contributed by atoms with van der Waals surface area (Å²) in [5.41, 5.74) is 1.35. The predicted molar refractivity (Wildman–Crippen MR) is 163 cm³/mol. The molecule has 0 spiro atoms.